The zero-order chi connectivity index (χ0) is 17.5. The van der Waals surface area contributed by atoms with Crippen LogP contribution in [0.1, 0.15) is 32.6 Å². The molecule has 8 heteroatoms. The lowest BCUT2D eigenvalue weighted by Crippen LogP contribution is -2.14. The number of nitrogens with one attached hydrogen (secondary N) is 1. The van der Waals surface area contributed by atoms with Gasteiger partial charge in [0.1, 0.15) is 6.07 Å². The number of esters is 1. The molecule has 1 heterocycles. The van der Waals surface area contributed by atoms with Gasteiger partial charge in [-0.1, -0.05) is 41.7 Å². The number of carbonyl (C=O) groups is 2. The van der Waals surface area contributed by atoms with Gasteiger partial charge in [0, 0.05) is 10.4 Å². The third kappa shape index (κ3) is 4.02. The number of hydrogen-bond donors (Lipinski definition) is 1. The molecule has 0 aliphatic rings. The van der Waals surface area contributed by atoms with Gasteiger partial charge in [-0.15, -0.1) is 0 Å². The van der Waals surface area contributed by atoms with Crippen LogP contribution in [0.2, 0.25) is 0 Å². The van der Waals surface area contributed by atoms with E-state index in [1.165, 1.54) is 11.3 Å². The van der Waals surface area contributed by atoms with Crippen molar-refractivity contribution in [2.24, 2.45) is 5.10 Å². The van der Waals surface area contributed by atoms with Crippen molar-refractivity contribution in [3.05, 3.63) is 46.5 Å². The molecule has 1 aromatic heterocycles. The minimum absolute atomic E-state index is 0.187. The number of ether oxygens (including phenoxy) is 1. The Labute approximate surface area is 142 Å². The molecule has 0 saturated heterocycles. The van der Waals surface area contributed by atoms with Crippen LogP contribution in [-0.2, 0) is 4.74 Å². The molecule has 0 atom stereocenters. The van der Waals surface area contributed by atoms with E-state index in [0.29, 0.717) is 15.6 Å². The van der Waals surface area contributed by atoms with E-state index in [1.54, 1.807) is 50.2 Å². The first-order chi connectivity index (χ1) is 11.6. The second kappa shape index (κ2) is 7.99. The number of aromatic nitrogens is 1. The number of thiazole rings is 1. The van der Waals surface area contributed by atoms with Crippen LogP contribution in [0.15, 0.2) is 35.4 Å². The van der Waals surface area contributed by atoms with Crippen molar-refractivity contribution < 1.29 is 14.3 Å². The highest BCUT2D eigenvalue weighted by atomic mass is 32.1. The Balaban J connectivity index is 2.17. The van der Waals surface area contributed by atoms with E-state index >= 15 is 0 Å². The molecule has 0 aliphatic heterocycles. The Morgan fingerprint density at radius 2 is 2.08 bits per heavy atom. The number of ketones is 1. The van der Waals surface area contributed by atoms with Gasteiger partial charge in [0.05, 0.1) is 6.61 Å². The van der Waals surface area contributed by atoms with Crippen molar-refractivity contribution in [1.29, 1.82) is 5.26 Å². The number of Topliss-reactive ketones (excluding diaryl/α,β-unsaturated/α-hetero) is 1. The Bertz CT molecular complexity index is 822. The van der Waals surface area contributed by atoms with Gasteiger partial charge in [-0.05, 0) is 13.8 Å². The zero-order valence-electron chi connectivity index (χ0n) is 13.1. The number of nitrogens with zero attached hydrogens (tertiary/aromatic N) is 3. The van der Waals surface area contributed by atoms with Gasteiger partial charge in [0.2, 0.25) is 16.6 Å². The number of benzene rings is 1. The summed E-state index contributed by atoms with van der Waals surface area (Å²) >= 11 is 1.18. The number of hydrazone groups is 1. The number of anilines is 1. The van der Waals surface area contributed by atoms with Gasteiger partial charge >= 0.3 is 5.97 Å². The highest BCUT2D eigenvalue weighted by molar-refractivity contribution is 7.15. The van der Waals surface area contributed by atoms with Crippen molar-refractivity contribution in [2.75, 3.05) is 12.0 Å². The monoisotopic (exact) mass is 342 g/mol. The van der Waals surface area contributed by atoms with Gasteiger partial charge in [-0.25, -0.2) is 9.78 Å². The number of nitriles is 1. The van der Waals surface area contributed by atoms with E-state index in [1.807, 2.05) is 0 Å². The van der Waals surface area contributed by atoms with Crippen molar-refractivity contribution in [3.63, 3.8) is 0 Å². The van der Waals surface area contributed by atoms with Crippen LogP contribution in [0.3, 0.4) is 0 Å². The largest absolute Gasteiger partial charge is 0.461 e. The minimum atomic E-state index is -0.524. The first-order valence-corrected chi connectivity index (χ1v) is 7.86. The topological polar surface area (TPSA) is 104 Å². The molecular weight excluding hydrogens is 328 g/mol. The first kappa shape index (κ1) is 17.3. The third-order valence-corrected chi connectivity index (χ3v) is 3.76. The molecule has 0 aliphatic carbocycles. The summed E-state index contributed by atoms with van der Waals surface area (Å²) in [6, 6.07) is 10.1. The van der Waals surface area contributed by atoms with E-state index in [9.17, 15) is 9.59 Å². The maximum absolute atomic E-state index is 12.2. The van der Waals surface area contributed by atoms with Crippen LogP contribution in [0.4, 0.5) is 5.13 Å². The second-order valence-corrected chi connectivity index (χ2v) is 5.73. The lowest BCUT2D eigenvalue weighted by Gasteiger charge is -1.99. The smallest absolute Gasteiger partial charge is 0.358 e. The molecule has 1 N–H and O–H groups in total. The summed E-state index contributed by atoms with van der Waals surface area (Å²) in [5.41, 5.74) is 2.80. The summed E-state index contributed by atoms with van der Waals surface area (Å²) in [5, 5.41) is 13.2. The zero-order valence-corrected chi connectivity index (χ0v) is 13.9. The summed E-state index contributed by atoms with van der Waals surface area (Å²) in [4.78, 5) is 28.6. The number of hydrogen-bond acceptors (Lipinski definition) is 8. The standard InChI is InChI=1S/C16H14N4O3S/c1-3-23-15(22)13-10(2)24-16(18-13)20-19-12(9-17)14(21)11-7-5-4-6-8-11/h4-8H,3H2,1-2H3,(H,18,20)/b19-12+. The second-order valence-electron chi connectivity index (χ2n) is 4.52. The fourth-order valence-corrected chi connectivity index (χ4v) is 2.53. The molecule has 0 fully saturated rings. The van der Waals surface area contributed by atoms with Crippen LogP contribution < -0.4 is 5.43 Å². The predicted octanol–water partition coefficient (Wildman–Crippen LogP) is 2.80. The summed E-state index contributed by atoms with van der Waals surface area (Å²) in [6.07, 6.45) is 0. The summed E-state index contributed by atoms with van der Waals surface area (Å²) in [6.45, 7) is 3.68. The van der Waals surface area contributed by atoms with Crippen molar-refractivity contribution in [1.82, 2.24) is 4.98 Å². The molecule has 122 valence electrons. The highest BCUT2D eigenvalue weighted by Crippen LogP contribution is 2.22. The first-order valence-electron chi connectivity index (χ1n) is 7.05. The quantitative estimate of drug-likeness (QED) is 0.374. The molecule has 24 heavy (non-hydrogen) atoms. The van der Waals surface area contributed by atoms with Crippen LogP contribution in [-0.4, -0.2) is 29.1 Å². The minimum Gasteiger partial charge on any atom is -0.461 e. The molecule has 0 spiro atoms. The average molecular weight is 342 g/mol. The van der Waals surface area contributed by atoms with Crippen LogP contribution in [0, 0.1) is 18.3 Å². The number of rotatable bonds is 6. The van der Waals surface area contributed by atoms with Crippen molar-refractivity contribution >= 4 is 33.9 Å². The van der Waals surface area contributed by atoms with Crippen LogP contribution >= 0.6 is 11.3 Å². The lowest BCUT2D eigenvalue weighted by atomic mass is 10.1. The van der Waals surface area contributed by atoms with Crippen molar-refractivity contribution in [3.8, 4) is 6.07 Å². The van der Waals surface area contributed by atoms with Crippen LogP contribution in [0.25, 0.3) is 0 Å². The van der Waals surface area contributed by atoms with Gasteiger partial charge in [-0.2, -0.15) is 10.4 Å². The number of aryl methyl sites for hydroxylation is 1. The SMILES string of the molecule is CCOC(=O)c1nc(N/N=C(\C#N)C(=O)c2ccccc2)sc1C. The average Bonchev–Trinajstić information content (AvgIpc) is 2.97. The van der Waals surface area contributed by atoms with E-state index in [2.05, 4.69) is 15.5 Å². The Kier molecular flexibility index (Phi) is 5.76. The van der Waals surface area contributed by atoms with Gasteiger partial charge in [-0.3, -0.25) is 10.2 Å². The maximum Gasteiger partial charge on any atom is 0.358 e. The number of carbonyl (C=O) groups excluding carboxylic acids is 2. The molecular formula is C16H14N4O3S. The fraction of sp³-hybridized carbons (Fsp3) is 0.188. The maximum atomic E-state index is 12.2. The van der Waals surface area contributed by atoms with E-state index in [-0.39, 0.29) is 18.0 Å². The van der Waals surface area contributed by atoms with E-state index in [0.717, 1.165) is 0 Å². The fourth-order valence-electron chi connectivity index (χ4n) is 1.79. The normalized spacial score (nSPS) is 10.8. The van der Waals surface area contributed by atoms with Crippen molar-refractivity contribution in [2.45, 2.75) is 13.8 Å². The Morgan fingerprint density at radius 1 is 1.38 bits per heavy atom. The lowest BCUT2D eigenvalue weighted by molar-refractivity contribution is 0.0519. The van der Waals surface area contributed by atoms with E-state index in [4.69, 9.17) is 10.00 Å². The van der Waals surface area contributed by atoms with Gasteiger partial charge in [0.15, 0.2) is 5.69 Å². The van der Waals surface area contributed by atoms with E-state index < -0.39 is 11.8 Å². The summed E-state index contributed by atoms with van der Waals surface area (Å²) in [7, 11) is 0. The molecule has 2 aromatic rings. The molecule has 0 bridgehead atoms. The third-order valence-electron chi connectivity index (χ3n) is 2.89. The summed E-state index contributed by atoms with van der Waals surface area (Å²) in [5.74, 6) is -1.02. The molecule has 1 aromatic carbocycles. The molecule has 0 saturated carbocycles. The molecule has 7 nitrogen and oxygen atoms in total. The Hall–Kier alpha value is -3.05. The van der Waals surface area contributed by atoms with Crippen LogP contribution in [0.5, 0.6) is 0 Å². The molecule has 0 radical (unpaired) electrons. The molecule has 2 rings (SSSR count). The molecule has 0 amide bonds. The van der Waals surface area contributed by atoms with Gasteiger partial charge in [0.25, 0.3) is 0 Å². The van der Waals surface area contributed by atoms with Gasteiger partial charge < -0.3 is 4.74 Å². The predicted molar refractivity (Wildman–Crippen MR) is 90.3 cm³/mol. The molecule has 0 unspecified atom stereocenters. The summed E-state index contributed by atoms with van der Waals surface area (Å²) < 4.78 is 4.90. The highest BCUT2D eigenvalue weighted by Gasteiger charge is 2.17. The Morgan fingerprint density at radius 3 is 2.71 bits per heavy atom.